The number of sulfone groups is 1. The van der Waals surface area contributed by atoms with Crippen molar-refractivity contribution in [2.45, 2.75) is 29.7 Å². The molecule has 1 aromatic carbocycles. The highest BCUT2D eigenvalue weighted by Gasteiger charge is 2.43. The number of carbonyl (C=O) groups is 1. The van der Waals surface area contributed by atoms with Gasteiger partial charge in [-0.05, 0) is 44.2 Å². The third kappa shape index (κ3) is 4.08. The van der Waals surface area contributed by atoms with Crippen molar-refractivity contribution >= 4 is 21.6 Å². The first-order valence-electron chi connectivity index (χ1n) is 7.73. The number of rotatable bonds is 5. The predicted molar refractivity (Wildman–Crippen MR) is 92.1 cm³/mol. The summed E-state index contributed by atoms with van der Waals surface area (Å²) in [6, 6.07) is 4.51. The van der Waals surface area contributed by atoms with Crippen molar-refractivity contribution in [3.8, 4) is 5.75 Å². The van der Waals surface area contributed by atoms with Gasteiger partial charge >= 0.3 is 6.18 Å². The average Bonchev–Trinajstić information content (AvgIpc) is 2.61. The number of ether oxygens (including phenoxy) is 1. The minimum atomic E-state index is -4.60. The molecule has 0 radical (unpaired) electrons. The van der Waals surface area contributed by atoms with Crippen LogP contribution in [0.5, 0.6) is 5.75 Å². The van der Waals surface area contributed by atoms with E-state index in [0.29, 0.717) is 12.3 Å². The fourth-order valence-electron chi connectivity index (χ4n) is 2.13. The smallest absolute Gasteiger partial charge is 0.417 e. The highest BCUT2D eigenvalue weighted by Crippen LogP contribution is 2.31. The molecule has 152 valence electrons. The Kier molecular flexibility index (Phi) is 5.69. The molecule has 2 aromatic rings. The summed E-state index contributed by atoms with van der Waals surface area (Å²) < 4.78 is 79.7. The maximum absolute atomic E-state index is 13.9. The maximum Gasteiger partial charge on any atom is 0.417 e. The van der Waals surface area contributed by atoms with Gasteiger partial charge in [0.1, 0.15) is 10.6 Å². The number of benzene rings is 1. The van der Waals surface area contributed by atoms with Gasteiger partial charge in [-0.1, -0.05) is 0 Å². The van der Waals surface area contributed by atoms with Crippen molar-refractivity contribution in [1.82, 2.24) is 4.98 Å². The summed E-state index contributed by atoms with van der Waals surface area (Å²) in [5, 5.41) is 2.16. The second kappa shape index (κ2) is 7.38. The lowest BCUT2D eigenvalue weighted by atomic mass is 10.2. The number of pyridine rings is 1. The highest BCUT2D eigenvalue weighted by molar-refractivity contribution is 7.93. The first kappa shape index (κ1) is 21.6. The van der Waals surface area contributed by atoms with Crippen molar-refractivity contribution in [3.63, 3.8) is 0 Å². The van der Waals surface area contributed by atoms with Crippen LogP contribution in [0.15, 0.2) is 41.4 Å². The molecule has 0 fully saturated rings. The lowest BCUT2D eigenvalue weighted by molar-refractivity contribution is -0.137. The van der Waals surface area contributed by atoms with Crippen LogP contribution in [0.2, 0.25) is 0 Å². The minimum absolute atomic E-state index is 0.171. The van der Waals surface area contributed by atoms with E-state index in [1.54, 1.807) is 0 Å². The Balaban J connectivity index is 2.29. The molecular weight excluding hydrogens is 404 g/mol. The number of anilines is 1. The summed E-state index contributed by atoms with van der Waals surface area (Å²) in [5.74, 6) is -2.41. The molecule has 0 aliphatic heterocycles. The van der Waals surface area contributed by atoms with Crippen molar-refractivity contribution < 1.29 is 35.5 Å². The molecule has 2 rings (SSSR count). The zero-order valence-electron chi connectivity index (χ0n) is 15.0. The van der Waals surface area contributed by atoms with Gasteiger partial charge in [-0.2, -0.15) is 13.2 Å². The fraction of sp³-hybridized carbons (Fsp3) is 0.294. The molecule has 1 heterocycles. The molecule has 0 unspecified atom stereocenters. The Hall–Kier alpha value is -2.69. The topological polar surface area (TPSA) is 85.4 Å². The van der Waals surface area contributed by atoms with Crippen LogP contribution in [0.1, 0.15) is 19.4 Å². The molecule has 1 N–H and O–H groups in total. The molecule has 11 heteroatoms. The minimum Gasteiger partial charge on any atom is -0.494 e. The summed E-state index contributed by atoms with van der Waals surface area (Å²) >= 11 is 0. The van der Waals surface area contributed by atoms with Gasteiger partial charge in [0.15, 0.2) is 21.4 Å². The monoisotopic (exact) mass is 420 g/mol. The van der Waals surface area contributed by atoms with E-state index >= 15 is 0 Å². The molecule has 6 nitrogen and oxygen atoms in total. The average molecular weight is 420 g/mol. The van der Waals surface area contributed by atoms with Crippen molar-refractivity contribution in [2.75, 3.05) is 12.4 Å². The zero-order chi connectivity index (χ0) is 21.3. The number of methoxy groups -OCH3 is 1. The quantitative estimate of drug-likeness (QED) is 0.749. The fourth-order valence-corrected chi connectivity index (χ4v) is 3.52. The molecule has 0 atom stereocenters. The number of aromatic nitrogens is 1. The van der Waals surface area contributed by atoms with E-state index in [1.807, 2.05) is 0 Å². The van der Waals surface area contributed by atoms with Crippen LogP contribution in [-0.2, 0) is 20.8 Å². The molecule has 28 heavy (non-hydrogen) atoms. The second-order valence-corrected chi connectivity index (χ2v) is 8.69. The SMILES string of the molecule is COc1ccc(S(=O)(=O)C(C)(C)C(=O)Nc2ccc(C(F)(F)F)cn2)cc1F. The summed E-state index contributed by atoms with van der Waals surface area (Å²) in [4.78, 5) is 15.5. The molecule has 1 amide bonds. The van der Waals surface area contributed by atoms with Crippen LogP contribution in [0.4, 0.5) is 23.4 Å². The first-order chi connectivity index (χ1) is 12.8. The van der Waals surface area contributed by atoms with Gasteiger partial charge in [0.05, 0.1) is 17.6 Å². The molecule has 0 saturated heterocycles. The van der Waals surface area contributed by atoms with Crippen LogP contribution in [0.25, 0.3) is 0 Å². The zero-order valence-corrected chi connectivity index (χ0v) is 15.8. The normalized spacial score (nSPS) is 12.5. The second-order valence-electron chi connectivity index (χ2n) is 6.19. The maximum atomic E-state index is 13.9. The van der Waals surface area contributed by atoms with Crippen LogP contribution >= 0.6 is 0 Å². The summed E-state index contributed by atoms with van der Waals surface area (Å²) in [6.45, 7) is 2.17. The Labute approximate surface area is 158 Å². The van der Waals surface area contributed by atoms with Gasteiger partial charge < -0.3 is 10.1 Å². The largest absolute Gasteiger partial charge is 0.494 e. The van der Waals surface area contributed by atoms with Crippen LogP contribution in [0, 0.1) is 5.82 Å². The van der Waals surface area contributed by atoms with Gasteiger partial charge in [0.25, 0.3) is 0 Å². The molecule has 1 aromatic heterocycles. The van der Waals surface area contributed by atoms with E-state index in [1.165, 1.54) is 7.11 Å². The number of amides is 1. The predicted octanol–water partition coefficient (Wildman–Crippen LogP) is 3.44. The Morgan fingerprint density at radius 3 is 2.25 bits per heavy atom. The molecular formula is C17H16F4N2O4S. The first-order valence-corrected chi connectivity index (χ1v) is 9.22. The van der Waals surface area contributed by atoms with Crippen LogP contribution < -0.4 is 10.1 Å². The number of alkyl halides is 3. The van der Waals surface area contributed by atoms with Crippen LogP contribution in [0.3, 0.4) is 0 Å². The summed E-state index contributed by atoms with van der Waals surface area (Å²) in [7, 11) is -3.14. The lowest BCUT2D eigenvalue weighted by Gasteiger charge is -2.24. The van der Waals surface area contributed by atoms with Crippen molar-refractivity contribution in [2.24, 2.45) is 0 Å². The molecule has 0 spiro atoms. The Morgan fingerprint density at radius 1 is 1.14 bits per heavy atom. The highest BCUT2D eigenvalue weighted by atomic mass is 32.2. The summed E-state index contributed by atoms with van der Waals surface area (Å²) in [6.07, 6.45) is -4.09. The third-order valence-electron chi connectivity index (χ3n) is 3.98. The molecule has 0 bridgehead atoms. The number of hydrogen-bond donors (Lipinski definition) is 1. The van der Waals surface area contributed by atoms with Crippen molar-refractivity contribution in [1.29, 1.82) is 0 Å². The van der Waals surface area contributed by atoms with Crippen LogP contribution in [-0.4, -0.2) is 31.2 Å². The number of hydrogen-bond acceptors (Lipinski definition) is 5. The van der Waals surface area contributed by atoms with Gasteiger partial charge in [-0.15, -0.1) is 0 Å². The molecule has 0 aliphatic carbocycles. The van der Waals surface area contributed by atoms with E-state index in [0.717, 1.165) is 38.1 Å². The lowest BCUT2D eigenvalue weighted by Crippen LogP contribution is -2.44. The van der Waals surface area contributed by atoms with Gasteiger partial charge in [0, 0.05) is 6.20 Å². The molecule has 0 saturated carbocycles. The van der Waals surface area contributed by atoms with Gasteiger partial charge in [-0.25, -0.2) is 17.8 Å². The number of halogens is 4. The Bertz CT molecular complexity index is 987. The third-order valence-corrected chi connectivity index (χ3v) is 6.39. The molecule has 0 aliphatic rings. The number of nitrogens with zero attached hydrogens (tertiary/aromatic N) is 1. The number of nitrogens with one attached hydrogen (secondary N) is 1. The summed E-state index contributed by atoms with van der Waals surface area (Å²) in [5.41, 5.74) is -1.02. The van der Waals surface area contributed by atoms with Crippen molar-refractivity contribution in [3.05, 3.63) is 47.9 Å². The van der Waals surface area contributed by atoms with E-state index < -0.39 is 42.9 Å². The standard InChI is InChI=1S/C17H16F4N2O4S/c1-16(2,28(25,26)11-5-6-13(27-3)12(18)8-11)15(24)23-14-7-4-10(9-22-14)17(19,20)21/h4-9H,1-3H3,(H,22,23,24). The van der Waals surface area contributed by atoms with E-state index in [2.05, 4.69) is 10.3 Å². The van der Waals surface area contributed by atoms with E-state index in [9.17, 15) is 30.8 Å². The van der Waals surface area contributed by atoms with Gasteiger partial charge in [-0.3, -0.25) is 4.79 Å². The number of carbonyl (C=O) groups excluding carboxylic acids is 1. The van der Waals surface area contributed by atoms with E-state index in [4.69, 9.17) is 4.74 Å². The van der Waals surface area contributed by atoms with Gasteiger partial charge in [0.2, 0.25) is 5.91 Å². The Morgan fingerprint density at radius 2 is 1.79 bits per heavy atom. The van der Waals surface area contributed by atoms with E-state index in [-0.39, 0.29) is 11.6 Å².